The van der Waals surface area contributed by atoms with Crippen molar-refractivity contribution < 1.29 is 19.4 Å². The van der Waals surface area contributed by atoms with Crippen LogP contribution in [0.3, 0.4) is 0 Å². The van der Waals surface area contributed by atoms with Crippen molar-refractivity contribution in [2.75, 3.05) is 0 Å². The highest BCUT2D eigenvalue weighted by Gasteiger charge is 2.22. The lowest BCUT2D eigenvalue weighted by Gasteiger charge is -1.94. The molecule has 4 nitrogen and oxygen atoms in total. The van der Waals surface area contributed by atoms with E-state index in [1.54, 1.807) is 0 Å². The highest BCUT2D eigenvalue weighted by molar-refractivity contribution is 5.89. The molecular formula is C9H12O4. The van der Waals surface area contributed by atoms with Gasteiger partial charge in [0.25, 0.3) is 0 Å². The first-order valence-electron chi connectivity index (χ1n) is 3.71. The van der Waals surface area contributed by atoms with Crippen LogP contribution in [0.1, 0.15) is 13.3 Å². The highest BCUT2D eigenvalue weighted by Crippen LogP contribution is 2.16. The summed E-state index contributed by atoms with van der Waals surface area (Å²) in [6.07, 6.45) is 1.58. The molecule has 0 aliphatic carbocycles. The fourth-order valence-electron chi connectivity index (χ4n) is 0.738. The van der Waals surface area contributed by atoms with E-state index in [9.17, 15) is 9.59 Å². The normalized spacial score (nSPS) is 19.9. The molecule has 0 radical (unpaired) electrons. The summed E-state index contributed by atoms with van der Waals surface area (Å²) >= 11 is 0. The molecule has 0 spiro atoms. The van der Waals surface area contributed by atoms with Gasteiger partial charge < -0.3 is 9.84 Å². The van der Waals surface area contributed by atoms with E-state index in [0.29, 0.717) is 12.0 Å². The Labute approximate surface area is 76.5 Å². The Morgan fingerprint density at radius 2 is 2.23 bits per heavy atom. The third-order valence-electron chi connectivity index (χ3n) is 1.31. The average molecular weight is 184 g/mol. The molecule has 0 saturated carbocycles. The molecular weight excluding hydrogens is 172 g/mol. The second-order valence-corrected chi connectivity index (χ2v) is 2.57. The third kappa shape index (κ3) is 4.79. The number of carbonyl (C=O) groups is 2. The minimum absolute atomic E-state index is 0.0509. The minimum Gasteiger partial charge on any atom is -0.478 e. The fourth-order valence-corrected chi connectivity index (χ4v) is 0.738. The van der Waals surface area contributed by atoms with Crippen LogP contribution >= 0.6 is 0 Å². The van der Waals surface area contributed by atoms with E-state index in [1.165, 1.54) is 0 Å². The number of aliphatic carboxylic acids is 1. The lowest BCUT2D eigenvalue weighted by atomic mass is 10.2. The smallest absolute Gasteiger partial charge is 0.333 e. The van der Waals surface area contributed by atoms with Crippen LogP contribution in [0.25, 0.3) is 0 Å². The summed E-state index contributed by atoms with van der Waals surface area (Å²) in [6.45, 7) is 8.33. The van der Waals surface area contributed by atoms with Crippen molar-refractivity contribution in [3.05, 3.63) is 24.8 Å². The van der Waals surface area contributed by atoms with Crippen molar-refractivity contribution >= 4 is 11.9 Å². The van der Waals surface area contributed by atoms with Crippen molar-refractivity contribution in [3.63, 3.8) is 0 Å². The van der Waals surface area contributed by atoms with Crippen molar-refractivity contribution in [2.45, 2.75) is 19.4 Å². The first kappa shape index (κ1) is 11.4. The molecule has 1 rings (SSSR count). The summed E-state index contributed by atoms with van der Waals surface area (Å²) in [4.78, 5) is 19.7. The van der Waals surface area contributed by atoms with Crippen LogP contribution < -0.4 is 0 Å². The summed E-state index contributed by atoms with van der Waals surface area (Å²) in [6, 6.07) is 0. The van der Waals surface area contributed by atoms with E-state index in [1.807, 2.05) is 6.92 Å². The Hall–Kier alpha value is -1.58. The number of carbonyl (C=O) groups excluding carboxylic acids is 1. The Balaban J connectivity index is 0.000000252. The Kier molecular flexibility index (Phi) is 4.51. The van der Waals surface area contributed by atoms with Crippen LogP contribution in [0.4, 0.5) is 0 Å². The summed E-state index contributed by atoms with van der Waals surface area (Å²) in [5.74, 6) is -1.22. The average Bonchev–Trinajstić information content (AvgIpc) is 2.31. The third-order valence-corrected chi connectivity index (χ3v) is 1.31. The lowest BCUT2D eigenvalue weighted by Crippen LogP contribution is -1.99. The number of esters is 1. The zero-order valence-corrected chi connectivity index (χ0v) is 7.45. The van der Waals surface area contributed by atoms with Gasteiger partial charge in [0.2, 0.25) is 0 Å². The Morgan fingerprint density at radius 3 is 2.31 bits per heavy atom. The molecule has 0 aromatic heterocycles. The lowest BCUT2D eigenvalue weighted by molar-refractivity contribution is -0.138. The SMILES string of the molecule is C=C1CC(C)OC1=O.C=CC(=O)O. The van der Waals surface area contributed by atoms with E-state index in [4.69, 9.17) is 9.84 Å². The van der Waals surface area contributed by atoms with Crippen LogP contribution in [0.5, 0.6) is 0 Å². The molecule has 1 heterocycles. The summed E-state index contributed by atoms with van der Waals surface area (Å²) in [5.41, 5.74) is 0.595. The van der Waals surface area contributed by atoms with Crippen LogP contribution in [-0.4, -0.2) is 23.1 Å². The topological polar surface area (TPSA) is 63.6 Å². The van der Waals surface area contributed by atoms with Gasteiger partial charge in [0, 0.05) is 18.1 Å². The molecule has 0 amide bonds. The molecule has 4 heteroatoms. The van der Waals surface area contributed by atoms with Crippen molar-refractivity contribution in [1.29, 1.82) is 0 Å². The first-order valence-corrected chi connectivity index (χ1v) is 3.71. The molecule has 1 N–H and O–H groups in total. The number of rotatable bonds is 1. The van der Waals surface area contributed by atoms with Gasteiger partial charge in [-0.3, -0.25) is 0 Å². The molecule has 72 valence electrons. The molecule has 1 saturated heterocycles. The quantitative estimate of drug-likeness (QED) is 0.490. The van der Waals surface area contributed by atoms with Crippen molar-refractivity contribution in [3.8, 4) is 0 Å². The summed E-state index contributed by atoms with van der Waals surface area (Å²) < 4.78 is 4.73. The molecule has 0 bridgehead atoms. The van der Waals surface area contributed by atoms with Gasteiger partial charge in [-0.1, -0.05) is 13.2 Å². The largest absolute Gasteiger partial charge is 0.478 e. The molecule has 13 heavy (non-hydrogen) atoms. The van der Waals surface area contributed by atoms with E-state index < -0.39 is 5.97 Å². The zero-order valence-electron chi connectivity index (χ0n) is 7.45. The van der Waals surface area contributed by atoms with Gasteiger partial charge in [0.15, 0.2) is 0 Å². The van der Waals surface area contributed by atoms with Gasteiger partial charge in [-0.15, -0.1) is 0 Å². The number of hydrogen-bond donors (Lipinski definition) is 1. The maximum Gasteiger partial charge on any atom is 0.333 e. The van der Waals surface area contributed by atoms with Gasteiger partial charge in [0.05, 0.1) is 0 Å². The van der Waals surface area contributed by atoms with E-state index >= 15 is 0 Å². The van der Waals surface area contributed by atoms with E-state index in [2.05, 4.69) is 13.2 Å². The van der Waals surface area contributed by atoms with Crippen LogP contribution in [-0.2, 0) is 14.3 Å². The number of carboxylic acid groups (broad SMARTS) is 1. The molecule has 1 aliphatic heterocycles. The van der Waals surface area contributed by atoms with Gasteiger partial charge in [-0.25, -0.2) is 9.59 Å². The Bertz CT molecular complexity index is 226. The monoisotopic (exact) mass is 184 g/mol. The van der Waals surface area contributed by atoms with E-state index in [-0.39, 0.29) is 12.1 Å². The van der Waals surface area contributed by atoms with Crippen LogP contribution in [0, 0.1) is 0 Å². The maximum absolute atomic E-state index is 10.5. The summed E-state index contributed by atoms with van der Waals surface area (Å²) in [7, 11) is 0. The molecule has 0 aromatic rings. The summed E-state index contributed by atoms with van der Waals surface area (Å²) in [5, 5.41) is 7.60. The molecule has 1 atom stereocenters. The second kappa shape index (κ2) is 5.13. The van der Waals surface area contributed by atoms with Gasteiger partial charge in [-0.2, -0.15) is 0 Å². The van der Waals surface area contributed by atoms with Gasteiger partial charge >= 0.3 is 11.9 Å². The minimum atomic E-state index is -0.981. The molecule has 1 fully saturated rings. The van der Waals surface area contributed by atoms with Gasteiger partial charge in [-0.05, 0) is 6.92 Å². The van der Waals surface area contributed by atoms with Crippen LogP contribution in [0.15, 0.2) is 24.8 Å². The molecule has 1 aliphatic rings. The fraction of sp³-hybridized carbons (Fsp3) is 0.333. The van der Waals surface area contributed by atoms with Crippen molar-refractivity contribution in [1.82, 2.24) is 0 Å². The number of hydrogen-bond acceptors (Lipinski definition) is 3. The highest BCUT2D eigenvalue weighted by atomic mass is 16.5. The van der Waals surface area contributed by atoms with Crippen LogP contribution in [0.2, 0.25) is 0 Å². The number of carboxylic acids is 1. The van der Waals surface area contributed by atoms with Crippen molar-refractivity contribution in [2.24, 2.45) is 0 Å². The zero-order chi connectivity index (χ0) is 10.4. The second-order valence-electron chi connectivity index (χ2n) is 2.57. The van der Waals surface area contributed by atoms with Gasteiger partial charge in [0.1, 0.15) is 6.10 Å². The van der Waals surface area contributed by atoms with E-state index in [0.717, 1.165) is 6.08 Å². The Morgan fingerprint density at radius 1 is 1.77 bits per heavy atom. The molecule has 0 aromatic carbocycles. The first-order chi connectivity index (χ1) is 5.97. The number of ether oxygens (including phenoxy) is 1. The molecule has 1 unspecified atom stereocenters. The maximum atomic E-state index is 10.5. The predicted octanol–water partition coefficient (Wildman–Crippen LogP) is 1.14. The number of cyclic esters (lactones) is 1. The standard InChI is InChI=1S/C6H8O2.C3H4O2/c1-4-3-5(2)8-6(4)7;1-2-3(4)5/h5H,1,3H2,2H3;2H,1H2,(H,4,5). The predicted molar refractivity (Wildman–Crippen MR) is 47.1 cm³/mol.